The molecule has 2 saturated heterocycles. The largest absolute Gasteiger partial charge is 0.338 e. The third kappa shape index (κ3) is 3.18. The zero-order valence-corrected chi connectivity index (χ0v) is 12.9. The first-order chi connectivity index (χ1) is 8.72. The van der Waals surface area contributed by atoms with Crippen molar-refractivity contribution in [3.05, 3.63) is 12.2 Å². The molecule has 108 valence electrons. The molecule has 2 rings (SSSR count). The van der Waals surface area contributed by atoms with E-state index in [-0.39, 0.29) is 11.4 Å². The Morgan fingerprint density at radius 2 is 1.79 bits per heavy atom. The number of likely N-dealkylation sites (tertiary alicyclic amines) is 2. The minimum absolute atomic E-state index is 0.168. The molecule has 0 bridgehead atoms. The first kappa shape index (κ1) is 14.5. The van der Waals surface area contributed by atoms with Gasteiger partial charge in [-0.15, -0.1) is 0 Å². The van der Waals surface area contributed by atoms with E-state index in [1.54, 1.807) is 6.08 Å². The predicted molar refractivity (Wildman–Crippen MR) is 78.0 cm³/mol. The van der Waals surface area contributed by atoms with Crippen molar-refractivity contribution in [2.75, 3.05) is 46.8 Å². The molecule has 0 atom stereocenters. The minimum atomic E-state index is 0.168. The summed E-state index contributed by atoms with van der Waals surface area (Å²) in [6, 6.07) is 0. The summed E-state index contributed by atoms with van der Waals surface area (Å²) < 4.78 is 0. The molecule has 1 spiro atoms. The van der Waals surface area contributed by atoms with Gasteiger partial charge >= 0.3 is 0 Å². The highest BCUT2D eigenvalue weighted by Gasteiger charge is 2.54. The maximum absolute atomic E-state index is 11.9. The van der Waals surface area contributed by atoms with E-state index in [9.17, 15) is 4.79 Å². The first-order valence-electron chi connectivity index (χ1n) is 7.07. The van der Waals surface area contributed by atoms with Gasteiger partial charge in [0.25, 0.3) is 0 Å². The number of carbonyl (C=O) groups excluding carboxylic acids is 1. The van der Waals surface area contributed by atoms with Crippen molar-refractivity contribution in [3.63, 3.8) is 0 Å². The summed E-state index contributed by atoms with van der Waals surface area (Å²) in [6.07, 6.45) is 3.66. The van der Waals surface area contributed by atoms with E-state index < -0.39 is 0 Å². The van der Waals surface area contributed by atoms with E-state index in [1.165, 1.54) is 0 Å². The maximum Gasteiger partial charge on any atom is 0.246 e. The summed E-state index contributed by atoms with van der Waals surface area (Å²) >= 11 is 0. The summed E-state index contributed by atoms with van der Waals surface area (Å²) in [7, 11) is 4.01. The van der Waals surface area contributed by atoms with Gasteiger partial charge in [-0.3, -0.25) is 9.69 Å². The Balaban J connectivity index is 1.73. The van der Waals surface area contributed by atoms with E-state index in [4.69, 9.17) is 0 Å². The number of carbonyl (C=O) groups is 1. The molecule has 2 heterocycles. The van der Waals surface area contributed by atoms with Crippen molar-refractivity contribution in [2.45, 2.75) is 26.3 Å². The molecule has 4 heteroatoms. The minimum Gasteiger partial charge on any atom is -0.338 e. The molecular weight excluding hydrogens is 238 g/mol. The quantitative estimate of drug-likeness (QED) is 0.714. The van der Waals surface area contributed by atoms with Crippen molar-refractivity contribution in [3.8, 4) is 0 Å². The van der Waals surface area contributed by atoms with Gasteiger partial charge < -0.3 is 9.80 Å². The molecule has 2 aliphatic heterocycles. The average molecular weight is 265 g/mol. The van der Waals surface area contributed by atoms with Crippen LogP contribution in [0.4, 0.5) is 0 Å². The summed E-state index contributed by atoms with van der Waals surface area (Å²) in [5, 5.41) is 0. The summed E-state index contributed by atoms with van der Waals surface area (Å²) in [4.78, 5) is 18.4. The zero-order valence-electron chi connectivity index (χ0n) is 12.9. The molecule has 0 aliphatic carbocycles. The highest BCUT2D eigenvalue weighted by molar-refractivity contribution is 5.88. The van der Waals surface area contributed by atoms with Crippen LogP contribution in [0.5, 0.6) is 0 Å². The maximum atomic E-state index is 11.9. The van der Waals surface area contributed by atoms with Gasteiger partial charge in [0.1, 0.15) is 0 Å². The van der Waals surface area contributed by atoms with Crippen LogP contribution in [0.2, 0.25) is 0 Å². The third-order valence-electron chi connectivity index (χ3n) is 4.10. The van der Waals surface area contributed by atoms with Crippen LogP contribution in [-0.2, 0) is 4.79 Å². The van der Waals surface area contributed by atoms with Crippen molar-refractivity contribution >= 4 is 5.91 Å². The van der Waals surface area contributed by atoms with Crippen LogP contribution in [0.15, 0.2) is 12.2 Å². The van der Waals surface area contributed by atoms with Crippen LogP contribution >= 0.6 is 0 Å². The average Bonchev–Trinajstić information content (AvgIpc) is 2.09. The highest BCUT2D eigenvalue weighted by atomic mass is 16.2. The molecule has 0 N–H and O–H groups in total. The summed E-state index contributed by atoms with van der Waals surface area (Å²) in [5.41, 5.74) is 0.666. The molecule has 2 fully saturated rings. The fourth-order valence-electron chi connectivity index (χ4n) is 2.83. The fourth-order valence-corrected chi connectivity index (χ4v) is 2.83. The Kier molecular flexibility index (Phi) is 3.76. The molecule has 0 aromatic rings. The van der Waals surface area contributed by atoms with Crippen LogP contribution in [0.25, 0.3) is 0 Å². The lowest BCUT2D eigenvalue weighted by Crippen LogP contribution is -2.75. The molecule has 0 saturated carbocycles. The van der Waals surface area contributed by atoms with Crippen molar-refractivity contribution in [2.24, 2.45) is 5.41 Å². The van der Waals surface area contributed by atoms with Crippen LogP contribution in [0.3, 0.4) is 0 Å². The number of hydrogen-bond acceptors (Lipinski definition) is 3. The van der Waals surface area contributed by atoms with Crippen LogP contribution in [-0.4, -0.2) is 73.0 Å². The SMILES string of the molecule is CN(C)C/C=C/C(=O)N1CC2(C1)CN(C(C)(C)C)C2. The molecule has 0 aromatic heterocycles. The molecular formula is C15H27N3O. The van der Waals surface area contributed by atoms with Gasteiger partial charge in [0.05, 0.1) is 0 Å². The number of likely N-dealkylation sites (N-methyl/N-ethyl adjacent to an activating group) is 1. The molecule has 0 aromatic carbocycles. The normalized spacial score (nSPS) is 22.9. The zero-order chi connectivity index (χ0) is 14.3. The second-order valence-electron chi connectivity index (χ2n) is 7.39. The highest BCUT2D eigenvalue weighted by Crippen LogP contribution is 2.42. The second kappa shape index (κ2) is 4.91. The van der Waals surface area contributed by atoms with E-state index in [0.29, 0.717) is 5.41 Å². The van der Waals surface area contributed by atoms with Gasteiger partial charge in [-0.2, -0.15) is 0 Å². The number of nitrogens with zero attached hydrogens (tertiary/aromatic N) is 3. The third-order valence-corrected chi connectivity index (χ3v) is 4.10. The van der Waals surface area contributed by atoms with E-state index >= 15 is 0 Å². The molecule has 19 heavy (non-hydrogen) atoms. The molecule has 2 aliphatic rings. The topological polar surface area (TPSA) is 26.8 Å². The fraction of sp³-hybridized carbons (Fsp3) is 0.800. The molecule has 1 amide bonds. The van der Waals surface area contributed by atoms with Crippen LogP contribution < -0.4 is 0 Å². The smallest absolute Gasteiger partial charge is 0.246 e. The van der Waals surface area contributed by atoms with Gasteiger partial charge in [0.2, 0.25) is 5.91 Å². The summed E-state index contributed by atoms with van der Waals surface area (Å²) in [5.74, 6) is 0.168. The molecule has 4 nitrogen and oxygen atoms in total. The van der Waals surface area contributed by atoms with Gasteiger partial charge in [-0.25, -0.2) is 0 Å². The van der Waals surface area contributed by atoms with Crippen LogP contribution in [0.1, 0.15) is 20.8 Å². The Morgan fingerprint density at radius 3 is 2.26 bits per heavy atom. The lowest BCUT2D eigenvalue weighted by Gasteiger charge is -2.63. The van der Waals surface area contributed by atoms with E-state index in [2.05, 4.69) is 30.6 Å². The van der Waals surface area contributed by atoms with Crippen molar-refractivity contribution in [1.82, 2.24) is 14.7 Å². The van der Waals surface area contributed by atoms with Crippen molar-refractivity contribution in [1.29, 1.82) is 0 Å². The lowest BCUT2D eigenvalue weighted by molar-refractivity contribution is -0.164. The molecule has 0 unspecified atom stereocenters. The Morgan fingerprint density at radius 1 is 1.21 bits per heavy atom. The van der Waals surface area contributed by atoms with Gasteiger partial charge in [-0.1, -0.05) is 6.08 Å². The Hall–Kier alpha value is -0.870. The number of amides is 1. The van der Waals surface area contributed by atoms with Gasteiger partial charge in [-0.05, 0) is 34.9 Å². The molecule has 0 radical (unpaired) electrons. The van der Waals surface area contributed by atoms with Gasteiger partial charge in [0.15, 0.2) is 0 Å². The van der Waals surface area contributed by atoms with E-state index in [0.717, 1.165) is 32.7 Å². The van der Waals surface area contributed by atoms with Crippen molar-refractivity contribution < 1.29 is 4.79 Å². The number of hydrogen-bond donors (Lipinski definition) is 0. The van der Waals surface area contributed by atoms with Gasteiger partial charge in [0, 0.05) is 49.8 Å². The van der Waals surface area contributed by atoms with Crippen LogP contribution in [0, 0.1) is 5.41 Å². The van der Waals surface area contributed by atoms with E-state index in [1.807, 2.05) is 25.1 Å². The number of rotatable bonds is 3. The Labute approximate surface area is 117 Å². The monoisotopic (exact) mass is 265 g/mol. The standard InChI is InChI=1S/C15H27N3O/c1-14(2,3)18-11-15(12-18)9-17(10-15)13(19)7-6-8-16(4)5/h6-7H,8-12H2,1-5H3/b7-6+. The first-order valence-corrected chi connectivity index (χ1v) is 7.07. The lowest BCUT2D eigenvalue weighted by atomic mass is 9.71. The summed E-state index contributed by atoms with van der Waals surface area (Å²) in [6.45, 7) is 11.7. The second-order valence-corrected chi connectivity index (χ2v) is 7.39. The predicted octanol–water partition coefficient (Wildman–Crippen LogP) is 1.05. The Bertz CT molecular complexity index is 367.